The first-order chi connectivity index (χ1) is 14.9. The molecule has 3 rings (SSSR count). The number of fused-ring (bicyclic) bond motifs is 1. The van der Waals surface area contributed by atoms with Crippen LogP contribution >= 0.6 is 22.9 Å². The summed E-state index contributed by atoms with van der Waals surface area (Å²) in [4.78, 5) is 15.8. The van der Waals surface area contributed by atoms with Crippen molar-refractivity contribution in [2.45, 2.75) is 17.7 Å². The number of methoxy groups -OCH3 is 2. The highest BCUT2D eigenvalue weighted by Crippen LogP contribution is 2.37. The zero-order valence-corrected chi connectivity index (χ0v) is 19.3. The number of furan rings is 1. The van der Waals surface area contributed by atoms with Gasteiger partial charge in [-0.1, -0.05) is 0 Å². The van der Waals surface area contributed by atoms with Gasteiger partial charge in [-0.3, -0.25) is 4.79 Å². The molecule has 0 atom stereocenters. The van der Waals surface area contributed by atoms with E-state index in [2.05, 4.69) is 15.0 Å². The highest BCUT2D eigenvalue weighted by Gasteiger charge is 2.23. The lowest BCUT2D eigenvalue weighted by atomic mass is 10.2. The minimum Gasteiger partial charge on any atom is -0.493 e. The molecule has 0 aliphatic heterocycles. The van der Waals surface area contributed by atoms with Crippen molar-refractivity contribution in [1.29, 1.82) is 0 Å². The van der Waals surface area contributed by atoms with Crippen LogP contribution in [-0.2, 0) is 19.6 Å². The Balaban J connectivity index is 1.93. The molecule has 31 heavy (non-hydrogen) atoms. The Morgan fingerprint density at radius 2 is 2.10 bits per heavy atom. The van der Waals surface area contributed by atoms with Crippen LogP contribution in [0.5, 0.6) is 5.75 Å². The maximum atomic E-state index is 12.9. The molecule has 1 amide bonds. The standard InChI is InChI=1S/C19H22ClN3O6S2/c1-27-8-4-3-7-21-31(25,26)16-6-5-14(28-2)18-12(16)9-15(29-18)13-11-30-19(22-13)23-17(24)10-20/h5-6,9,11,21H,3-4,7-8,10H2,1-2H3,(H,22,23,24). The molecule has 0 aliphatic carbocycles. The van der Waals surface area contributed by atoms with Crippen LogP contribution in [0.3, 0.4) is 0 Å². The normalized spacial score (nSPS) is 11.7. The molecule has 0 aliphatic rings. The van der Waals surface area contributed by atoms with E-state index in [1.54, 1.807) is 24.6 Å². The summed E-state index contributed by atoms with van der Waals surface area (Å²) in [6, 6.07) is 4.62. The third-order valence-electron chi connectivity index (χ3n) is 4.31. The minimum absolute atomic E-state index is 0.0796. The number of benzene rings is 1. The van der Waals surface area contributed by atoms with E-state index >= 15 is 0 Å². The second-order valence-corrected chi connectivity index (χ2v) is 9.30. The molecule has 0 saturated carbocycles. The summed E-state index contributed by atoms with van der Waals surface area (Å²) in [5.74, 6) is 0.180. The van der Waals surface area contributed by atoms with Crippen LogP contribution in [0.2, 0.25) is 0 Å². The first-order valence-corrected chi connectivity index (χ1v) is 12.2. The number of rotatable bonds is 11. The average molecular weight is 488 g/mol. The molecular weight excluding hydrogens is 466 g/mol. The Hall–Kier alpha value is -2.18. The maximum absolute atomic E-state index is 12.9. The Bertz CT molecular complexity index is 1160. The van der Waals surface area contributed by atoms with Gasteiger partial charge in [-0.2, -0.15) is 0 Å². The molecule has 0 radical (unpaired) electrons. The topological polar surface area (TPSA) is 120 Å². The number of alkyl halides is 1. The van der Waals surface area contributed by atoms with Gasteiger partial charge in [0.15, 0.2) is 22.2 Å². The number of carbonyl (C=O) groups is 1. The van der Waals surface area contributed by atoms with Crippen molar-refractivity contribution in [2.75, 3.05) is 38.6 Å². The number of thiazole rings is 1. The number of hydrogen-bond donors (Lipinski definition) is 2. The van der Waals surface area contributed by atoms with Crippen LogP contribution in [0.15, 0.2) is 32.9 Å². The van der Waals surface area contributed by atoms with E-state index in [-0.39, 0.29) is 16.7 Å². The van der Waals surface area contributed by atoms with Crippen LogP contribution in [0, 0.1) is 0 Å². The molecule has 2 heterocycles. The summed E-state index contributed by atoms with van der Waals surface area (Å²) in [6.45, 7) is 0.861. The van der Waals surface area contributed by atoms with Crippen molar-refractivity contribution >= 4 is 55.0 Å². The summed E-state index contributed by atoms with van der Waals surface area (Å²) < 4.78 is 44.6. The van der Waals surface area contributed by atoms with Gasteiger partial charge >= 0.3 is 0 Å². The third-order valence-corrected chi connectivity index (χ3v) is 6.83. The predicted molar refractivity (Wildman–Crippen MR) is 120 cm³/mol. The van der Waals surface area contributed by atoms with Gasteiger partial charge in [-0.25, -0.2) is 18.1 Å². The number of anilines is 1. The fourth-order valence-corrected chi connectivity index (χ4v) is 4.89. The van der Waals surface area contributed by atoms with Gasteiger partial charge in [-0.05, 0) is 31.0 Å². The lowest BCUT2D eigenvalue weighted by Gasteiger charge is -2.09. The Morgan fingerprint density at radius 3 is 2.81 bits per heavy atom. The number of sulfonamides is 1. The largest absolute Gasteiger partial charge is 0.493 e. The Labute approximate surface area is 188 Å². The number of halogens is 1. The molecule has 0 saturated heterocycles. The van der Waals surface area contributed by atoms with E-state index in [1.165, 1.54) is 24.5 Å². The van der Waals surface area contributed by atoms with E-state index in [0.717, 1.165) is 6.42 Å². The second-order valence-electron chi connectivity index (χ2n) is 6.44. The zero-order chi connectivity index (χ0) is 22.4. The molecule has 0 bridgehead atoms. The molecule has 2 N–H and O–H groups in total. The highest BCUT2D eigenvalue weighted by atomic mass is 35.5. The highest BCUT2D eigenvalue weighted by molar-refractivity contribution is 7.89. The summed E-state index contributed by atoms with van der Waals surface area (Å²) in [7, 11) is -0.701. The van der Waals surface area contributed by atoms with Crippen molar-refractivity contribution in [3.05, 3.63) is 23.6 Å². The third kappa shape index (κ3) is 5.55. The van der Waals surface area contributed by atoms with Crippen LogP contribution in [0.1, 0.15) is 12.8 Å². The van der Waals surface area contributed by atoms with Gasteiger partial charge in [0, 0.05) is 31.0 Å². The van der Waals surface area contributed by atoms with E-state index in [1.807, 2.05) is 0 Å². The molecule has 9 nitrogen and oxygen atoms in total. The van der Waals surface area contributed by atoms with E-state index < -0.39 is 10.0 Å². The molecule has 3 aromatic rings. The molecule has 0 spiro atoms. The molecular formula is C19H22ClN3O6S2. The van der Waals surface area contributed by atoms with E-state index in [0.29, 0.717) is 52.9 Å². The van der Waals surface area contributed by atoms with E-state index in [9.17, 15) is 13.2 Å². The molecule has 0 fully saturated rings. The number of carbonyl (C=O) groups excluding carboxylic acids is 1. The number of unbranched alkanes of at least 4 members (excludes halogenated alkanes) is 1. The predicted octanol–water partition coefficient (Wildman–Crippen LogP) is 3.45. The number of ether oxygens (including phenoxy) is 2. The number of nitrogens with zero attached hydrogens (tertiary/aromatic N) is 1. The number of nitrogens with one attached hydrogen (secondary N) is 2. The second kappa shape index (κ2) is 10.4. The van der Waals surface area contributed by atoms with Gasteiger partial charge in [0.25, 0.3) is 0 Å². The number of aromatic nitrogens is 1. The molecule has 12 heteroatoms. The van der Waals surface area contributed by atoms with Gasteiger partial charge in [0.1, 0.15) is 11.6 Å². The maximum Gasteiger partial charge on any atom is 0.241 e. The first kappa shape index (κ1) is 23.5. The quantitative estimate of drug-likeness (QED) is 0.314. The lowest BCUT2D eigenvalue weighted by Crippen LogP contribution is -2.25. The Morgan fingerprint density at radius 1 is 1.29 bits per heavy atom. The van der Waals surface area contributed by atoms with Gasteiger partial charge < -0.3 is 19.2 Å². The van der Waals surface area contributed by atoms with Crippen LogP contribution in [-0.4, -0.2) is 52.6 Å². The summed E-state index contributed by atoms with van der Waals surface area (Å²) >= 11 is 6.70. The van der Waals surface area contributed by atoms with Crippen LogP contribution < -0.4 is 14.8 Å². The van der Waals surface area contributed by atoms with Crippen LogP contribution in [0.4, 0.5) is 5.13 Å². The molecule has 0 unspecified atom stereocenters. The number of hydrogen-bond acceptors (Lipinski definition) is 8. The summed E-state index contributed by atoms with van der Waals surface area (Å²) in [5.41, 5.74) is 0.739. The summed E-state index contributed by atoms with van der Waals surface area (Å²) in [5, 5.41) is 4.99. The summed E-state index contributed by atoms with van der Waals surface area (Å²) in [6.07, 6.45) is 1.40. The van der Waals surface area contributed by atoms with Crippen molar-refractivity contribution in [3.63, 3.8) is 0 Å². The zero-order valence-electron chi connectivity index (χ0n) is 16.9. The first-order valence-electron chi connectivity index (χ1n) is 9.30. The molecule has 168 valence electrons. The Kier molecular flexibility index (Phi) is 7.89. The average Bonchev–Trinajstić information content (AvgIpc) is 3.39. The van der Waals surface area contributed by atoms with Gasteiger partial charge in [-0.15, -0.1) is 22.9 Å². The van der Waals surface area contributed by atoms with Crippen molar-refractivity contribution in [2.24, 2.45) is 0 Å². The van der Waals surface area contributed by atoms with Crippen LogP contribution in [0.25, 0.3) is 22.4 Å². The fourth-order valence-electron chi connectivity index (χ4n) is 2.85. The van der Waals surface area contributed by atoms with Gasteiger partial charge in [0.05, 0.1) is 12.0 Å². The molecule has 1 aromatic carbocycles. The monoisotopic (exact) mass is 487 g/mol. The number of amides is 1. The minimum atomic E-state index is -3.78. The van der Waals surface area contributed by atoms with Crippen molar-refractivity contribution < 1.29 is 27.1 Å². The van der Waals surface area contributed by atoms with Crippen molar-refractivity contribution in [1.82, 2.24) is 9.71 Å². The van der Waals surface area contributed by atoms with E-state index in [4.69, 9.17) is 25.5 Å². The molecule has 2 aromatic heterocycles. The lowest BCUT2D eigenvalue weighted by molar-refractivity contribution is -0.113. The fraction of sp³-hybridized carbons (Fsp3) is 0.368. The SMILES string of the molecule is COCCCCNS(=O)(=O)c1ccc(OC)c2oc(-c3csc(NC(=O)CCl)n3)cc12. The van der Waals surface area contributed by atoms with Crippen molar-refractivity contribution in [3.8, 4) is 17.2 Å². The smallest absolute Gasteiger partial charge is 0.241 e. The van der Waals surface area contributed by atoms with Gasteiger partial charge in [0.2, 0.25) is 15.9 Å².